The molecule has 0 aliphatic rings. The van der Waals surface area contributed by atoms with E-state index in [1.165, 1.54) is 23.9 Å². The van der Waals surface area contributed by atoms with Gasteiger partial charge in [0.25, 0.3) is 0 Å². The summed E-state index contributed by atoms with van der Waals surface area (Å²) < 4.78 is 53.2. The first kappa shape index (κ1) is 13.6. The Labute approximate surface area is 106 Å². The highest BCUT2D eigenvalue weighted by Gasteiger charge is 2.33. The molecular weight excluding hydrogens is 262 g/mol. The van der Waals surface area contributed by atoms with E-state index in [4.69, 9.17) is 0 Å². The van der Waals surface area contributed by atoms with Crippen LogP contribution in [0.2, 0.25) is 0 Å². The van der Waals surface area contributed by atoms with Gasteiger partial charge in [-0.3, -0.25) is 4.79 Å². The average Bonchev–Trinajstić information content (AvgIpc) is 2.66. The minimum Gasteiger partial charge on any atom is -0.350 e. The first-order valence-electron chi connectivity index (χ1n) is 5.49. The van der Waals surface area contributed by atoms with Crippen molar-refractivity contribution in [2.45, 2.75) is 18.8 Å². The Morgan fingerprint density at radius 3 is 2.37 bits per heavy atom. The van der Waals surface area contributed by atoms with Gasteiger partial charge in [-0.25, -0.2) is 4.39 Å². The molecule has 6 heteroatoms. The van der Waals surface area contributed by atoms with Crippen molar-refractivity contribution in [3.63, 3.8) is 0 Å². The molecule has 2 aromatic rings. The second-order valence-electron chi connectivity index (χ2n) is 4.58. The topological polar surface area (TPSA) is 22.0 Å². The number of rotatable bonds is 2. The van der Waals surface area contributed by atoms with E-state index in [0.29, 0.717) is 5.39 Å². The molecule has 0 fully saturated rings. The number of carbonyl (C=O) groups excluding carboxylic acids is 1. The number of benzene rings is 1. The number of aldehydes is 1. The number of fused-ring (bicyclic) bond motifs is 1. The van der Waals surface area contributed by atoms with Gasteiger partial charge in [0.15, 0.2) is 12.0 Å². The fourth-order valence-corrected chi connectivity index (χ4v) is 2.01. The number of hydrogen-bond donors (Lipinski definition) is 0. The van der Waals surface area contributed by atoms with Crippen molar-refractivity contribution in [2.75, 3.05) is 0 Å². The number of aryl methyl sites for hydroxylation is 1. The van der Waals surface area contributed by atoms with E-state index < -0.39 is 17.4 Å². The van der Waals surface area contributed by atoms with Crippen molar-refractivity contribution in [3.05, 3.63) is 35.5 Å². The number of hydrogen-bond acceptors (Lipinski definition) is 1. The Balaban J connectivity index is 2.71. The molecule has 0 saturated heterocycles. The summed E-state index contributed by atoms with van der Waals surface area (Å²) in [6.07, 6.45) is -2.99. The van der Waals surface area contributed by atoms with Crippen molar-refractivity contribution in [1.82, 2.24) is 4.57 Å². The number of halogens is 4. The Bertz CT molecular complexity index is 640. The van der Waals surface area contributed by atoms with Gasteiger partial charge < -0.3 is 4.57 Å². The molecule has 0 spiro atoms. The van der Waals surface area contributed by atoms with E-state index in [0.717, 1.165) is 19.1 Å². The summed E-state index contributed by atoms with van der Waals surface area (Å²) in [6, 6.07) is 3.02. The Hall–Kier alpha value is -1.85. The van der Waals surface area contributed by atoms with Crippen LogP contribution in [0.15, 0.2) is 24.4 Å². The van der Waals surface area contributed by atoms with Gasteiger partial charge in [0, 0.05) is 29.7 Å². The molecule has 0 aliphatic carbocycles. The molecular formula is C13H11F4NO. The lowest BCUT2D eigenvalue weighted by molar-refractivity contribution is -0.137. The fraction of sp³-hybridized carbons (Fsp3) is 0.308. The molecule has 0 N–H and O–H groups in total. The summed E-state index contributed by atoms with van der Waals surface area (Å²) in [7, 11) is 1.51. The Kier molecular flexibility index (Phi) is 2.91. The molecule has 1 aromatic carbocycles. The smallest absolute Gasteiger partial charge is 0.350 e. The molecule has 2 rings (SSSR count). The van der Waals surface area contributed by atoms with Gasteiger partial charge in [-0.2, -0.15) is 13.2 Å². The molecule has 0 aliphatic heterocycles. The van der Waals surface area contributed by atoms with E-state index in [1.807, 2.05) is 0 Å². The number of carbonyl (C=O) groups is 1. The maximum Gasteiger partial charge on any atom is 0.416 e. The lowest BCUT2D eigenvalue weighted by Gasteiger charge is -2.11. The third-order valence-corrected chi connectivity index (χ3v) is 3.07. The quantitative estimate of drug-likeness (QED) is 0.605. The van der Waals surface area contributed by atoms with Crippen LogP contribution in [0.5, 0.6) is 0 Å². The SMILES string of the molecule is Cn1cc(C(C)(F)C=O)c2ccc(C(F)(F)F)cc21. The van der Waals surface area contributed by atoms with Crippen LogP contribution in [0.3, 0.4) is 0 Å². The third-order valence-electron chi connectivity index (χ3n) is 3.07. The van der Waals surface area contributed by atoms with Crippen molar-refractivity contribution in [3.8, 4) is 0 Å². The van der Waals surface area contributed by atoms with E-state index >= 15 is 0 Å². The predicted molar refractivity (Wildman–Crippen MR) is 62.4 cm³/mol. The normalized spacial score (nSPS) is 15.5. The van der Waals surface area contributed by atoms with Crippen LogP contribution in [0.1, 0.15) is 18.1 Å². The highest BCUT2D eigenvalue weighted by atomic mass is 19.4. The maximum atomic E-state index is 14.0. The summed E-state index contributed by atoms with van der Waals surface area (Å²) in [6.45, 7) is 1.08. The van der Waals surface area contributed by atoms with Crippen molar-refractivity contribution < 1.29 is 22.4 Å². The molecule has 0 saturated carbocycles. The Morgan fingerprint density at radius 2 is 1.84 bits per heavy atom. The maximum absolute atomic E-state index is 14.0. The third kappa shape index (κ3) is 2.22. The molecule has 1 heterocycles. The van der Waals surface area contributed by atoms with Crippen LogP contribution in [0.25, 0.3) is 10.9 Å². The molecule has 0 bridgehead atoms. The fourth-order valence-electron chi connectivity index (χ4n) is 2.01. The minimum atomic E-state index is -4.46. The number of nitrogens with zero attached hydrogens (tertiary/aromatic N) is 1. The molecule has 0 radical (unpaired) electrons. The van der Waals surface area contributed by atoms with Gasteiger partial charge in [-0.05, 0) is 19.1 Å². The van der Waals surface area contributed by atoms with Gasteiger partial charge in [-0.1, -0.05) is 6.07 Å². The summed E-state index contributed by atoms with van der Waals surface area (Å²) >= 11 is 0. The summed E-state index contributed by atoms with van der Waals surface area (Å²) in [4.78, 5) is 10.7. The monoisotopic (exact) mass is 273 g/mol. The zero-order chi connectivity index (χ0) is 14.4. The molecule has 102 valence electrons. The van der Waals surface area contributed by atoms with Gasteiger partial charge in [0.2, 0.25) is 0 Å². The predicted octanol–water partition coefficient (Wildman–Crippen LogP) is 3.58. The minimum absolute atomic E-state index is 0.0636. The van der Waals surface area contributed by atoms with E-state index in [9.17, 15) is 22.4 Å². The van der Waals surface area contributed by atoms with Gasteiger partial charge >= 0.3 is 6.18 Å². The standard InChI is InChI=1S/C13H11F4NO/c1-12(14,7-19)10-6-18(2)11-5-8(13(15,16)17)3-4-9(10)11/h3-7H,1-2H3. The number of aromatic nitrogens is 1. The molecule has 1 atom stereocenters. The van der Waals surface area contributed by atoms with Gasteiger partial charge in [0.05, 0.1) is 5.56 Å². The zero-order valence-corrected chi connectivity index (χ0v) is 10.3. The van der Waals surface area contributed by atoms with Crippen LogP contribution in [-0.2, 0) is 23.7 Å². The first-order chi connectivity index (χ1) is 8.66. The molecule has 0 amide bonds. The van der Waals surface area contributed by atoms with Crippen LogP contribution in [-0.4, -0.2) is 10.9 Å². The summed E-state index contributed by atoms with van der Waals surface area (Å²) in [5.41, 5.74) is -2.73. The molecule has 1 unspecified atom stereocenters. The molecule has 2 nitrogen and oxygen atoms in total. The average molecular weight is 273 g/mol. The summed E-state index contributed by atoms with van der Waals surface area (Å²) in [5.74, 6) is 0. The van der Waals surface area contributed by atoms with E-state index in [2.05, 4.69) is 0 Å². The Morgan fingerprint density at radius 1 is 1.21 bits per heavy atom. The van der Waals surface area contributed by atoms with Crippen LogP contribution < -0.4 is 0 Å². The first-order valence-corrected chi connectivity index (χ1v) is 5.49. The van der Waals surface area contributed by atoms with Crippen LogP contribution >= 0.6 is 0 Å². The van der Waals surface area contributed by atoms with Crippen LogP contribution in [0, 0.1) is 0 Å². The highest BCUT2D eigenvalue weighted by molar-refractivity contribution is 5.88. The number of alkyl halides is 4. The van der Waals surface area contributed by atoms with Crippen molar-refractivity contribution in [2.24, 2.45) is 7.05 Å². The van der Waals surface area contributed by atoms with Crippen LogP contribution in [0.4, 0.5) is 17.6 Å². The lowest BCUT2D eigenvalue weighted by Crippen LogP contribution is -2.16. The van der Waals surface area contributed by atoms with Gasteiger partial charge in [0.1, 0.15) is 0 Å². The van der Waals surface area contributed by atoms with Gasteiger partial charge in [-0.15, -0.1) is 0 Å². The van der Waals surface area contributed by atoms with E-state index in [-0.39, 0.29) is 17.4 Å². The highest BCUT2D eigenvalue weighted by Crippen LogP contribution is 2.36. The second kappa shape index (κ2) is 4.08. The van der Waals surface area contributed by atoms with Crippen molar-refractivity contribution >= 4 is 17.2 Å². The molecule has 1 aromatic heterocycles. The van der Waals surface area contributed by atoms with Crippen molar-refractivity contribution in [1.29, 1.82) is 0 Å². The van der Waals surface area contributed by atoms with E-state index in [1.54, 1.807) is 0 Å². The molecule has 19 heavy (non-hydrogen) atoms. The zero-order valence-electron chi connectivity index (χ0n) is 10.3. The second-order valence-corrected chi connectivity index (χ2v) is 4.58. The summed E-state index contributed by atoms with van der Waals surface area (Å²) in [5, 5.41) is 0.299. The largest absolute Gasteiger partial charge is 0.416 e. The lowest BCUT2D eigenvalue weighted by atomic mass is 9.98.